The van der Waals surface area contributed by atoms with Gasteiger partial charge in [-0.25, -0.2) is 4.68 Å². The first-order valence-electron chi connectivity index (χ1n) is 5.58. The molecular formula is C10H19N5O. The van der Waals surface area contributed by atoms with Crippen molar-refractivity contribution in [2.75, 3.05) is 0 Å². The zero-order valence-corrected chi connectivity index (χ0v) is 10.1. The fourth-order valence-electron chi connectivity index (χ4n) is 1.38. The molecule has 1 rings (SSSR count). The van der Waals surface area contributed by atoms with Gasteiger partial charge in [-0.3, -0.25) is 4.79 Å². The molecule has 0 spiro atoms. The van der Waals surface area contributed by atoms with Crippen LogP contribution in [-0.2, 0) is 11.3 Å². The lowest BCUT2D eigenvalue weighted by atomic mass is 10.0. The molecule has 0 aliphatic rings. The van der Waals surface area contributed by atoms with E-state index in [2.05, 4.69) is 34.7 Å². The molecule has 0 radical (unpaired) electrons. The second-order valence-electron chi connectivity index (χ2n) is 4.45. The van der Waals surface area contributed by atoms with Gasteiger partial charge in [0, 0.05) is 6.04 Å². The van der Waals surface area contributed by atoms with Crippen molar-refractivity contribution in [2.45, 2.75) is 46.2 Å². The van der Waals surface area contributed by atoms with Crippen molar-refractivity contribution < 1.29 is 4.79 Å². The summed E-state index contributed by atoms with van der Waals surface area (Å²) in [6, 6.07) is 0.200. The number of nitrogens with zero attached hydrogens (tertiary/aromatic N) is 4. The number of nitrogens with one attached hydrogen (secondary N) is 1. The minimum atomic E-state index is -0.0523. The molecule has 0 bridgehead atoms. The highest BCUT2D eigenvalue weighted by molar-refractivity contribution is 5.75. The average molecular weight is 225 g/mol. The van der Waals surface area contributed by atoms with Gasteiger partial charge in [-0.2, -0.15) is 0 Å². The Morgan fingerprint density at radius 1 is 1.38 bits per heavy atom. The van der Waals surface area contributed by atoms with Crippen LogP contribution in [0.5, 0.6) is 0 Å². The number of tetrazole rings is 1. The van der Waals surface area contributed by atoms with E-state index in [0.29, 0.717) is 5.92 Å². The summed E-state index contributed by atoms with van der Waals surface area (Å²) in [7, 11) is 0. The largest absolute Gasteiger partial charge is 0.352 e. The van der Waals surface area contributed by atoms with E-state index in [1.165, 1.54) is 11.0 Å². The van der Waals surface area contributed by atoms with Crippen LogP contribution in [0.1, 0.15) is 33.6 Å². The van der Waals surface area contributed by atoms with E-state index in [0.717, 1.165) is 12.8 Å². The highest BCUT2D eigenvalue weighted by Crippen LogP contribution is 2.06. The summed E-state index contributed by atoms with van der Waals surface area (Å²) in [6.07, 6.45) is 3.55. The van der Waals surface area contributed by atoms with E-state index in [4.69, 9.17) is 0 Å². The molecule has 0 saturated carbocycles. The first kappa shape index (κ1) is 12.6. The Kier molecular flexibility index (Phi) is 4.88. The molecule has 0 aliphatic heterocycles. The molecular weight excluding hydrogens is 206 g/mol. The van der Waals surface area contributed by atoms with Crippen LogP contribution < -0.4 is 5.32 Å². The first-order valence-corrected chi connectivity index (χ1v) is 5.58. The molecule has 1 aromatic rings. The third kappa shape index (κ3) is 4.86. The Morgan fingerprint density at radius 3 is 2.69 bits per heavy atom. The van der Waals surface area contributed by atoms with Gasteiger partial charge < -0.3 is 5.32 Å². The highest BCUT2D eigenvalue weighted by atomic mass is 16.2. The predicted octanol–water partition coefficient (Wildman–Crippen LogP) is 0.614. The van der Waals surface area contributed by atoms with Gasteiger partial charge in [0.15, 0.2) is 0 Å². The van der Waals surface area contributed by atoms with Gasteiger partial charge in [0.2, 0.25) is 5.91 Å². The number of carbonyl (C=O) groups is 1. The quantitative estimate of drug-likeness (QED) is 0.770. The second kappa shape index (κ2) is 6.19. The molecule has 6 heteroatoms. The van der Waals surface area contributed by atoms with Gasteiger partial charge in [0.1, 0.15) is 12.9 Å². The molecule has 0 aliphatic carbocycles. The van der Waals surface area contributed by atoms with Crippen molar-refractivity contribution in [1.29, 1.82) is 0 Å². The predicted molar refractivity (Wildman–Crippen MR) is 59.5 cm³/mol. The normalized spacial score (nSPS) is 12.8. The van der Waals surface area contributed by atoms with Gasteiger partial charge >= 0.3 is 0 Å². The minimum Gasteiger partial charge on any atom is -0.352 e. The van der Waals surface area contributed by atoms with Crippen LogP contribution in [-0.4, -0.2) is 32.2 Å². The van der Waals surface area contributed by atoms with E-state index in [-0.39, 0.29) is 18.5 Å². The third-order valence-corrected chi connectivity index (χ3v) is 2.28. The van der Waals surface area contributed by atoms with Crippen LogP contribution in [0, 0.1) is 5.92 Å². The van der Waals surface area contributed by atoms with Crippen molar-refractivity contribution in [1.82, 2.24) is 25.5 Å². The molecule has 1 unspecified atom stereocenters. The lowest BCUT2D eigenvalue weighted by Crippen LogP contribution is -2.35. The van der Waals surface area contributed by atoms with E-state index < -0.39 is 0 Å². The molecule has 1 N–H and O–H groups in total. The minimum absolute atomic E-state index is 0.0523. The van der Waals surface area contributed by atoms with Crippen LogP contribution >= 0.6 is 0 Å². The van der Waals surface area contributed by atoms with Crippen LogP contribution in [0.25, 0.3) is 0 Å². The van der Waals surface area contributed by atoms with Crippen LogP contribution in [0.2, 0.25) is 0 Å². The smallest absolute Gasteiger partial charge is 0.242 e. The Balaban J connectivity index is 2.23. The summed E-state index contributed by atoms with van der Waals surface area (Å²) in [5, 5.41) is 13.5. The number of rotatable bonds is 6. The molecule has 0 fully saturated rings. The monoisotopic (exact) mass is 225 g/mol. The second-order valence-corrected chi connectivity index (χ2v) is 4.45. The van der Waals surface area contributed by atoms with E-state index in [1.54, 1.807) is 0 Å². The fraction of sp³-hybridized carbons (Fsp3) is 0.800. The zero-order chi connectivity index (χ0) is 12.0. The molecule has 90 valence electrons. The van der Waals surface area contributed by atoms with E-state index in [9.17, 15) is 4.79 Å². The number of aromatic nitrogens is 4. The third-order valence-electron chi connectivity index (χ3n) is 2.28. The topological polar surface area (TPSA) is 72.7 Å². The Hall–Kier alpha value is -1.46. The lowest BCUT2D eigenvalue weighted by molar-refractivity contribution is -0.122. The first-order chi connectivity index (χ1) is 7.58. The lowest BCUT2D eigenvalue weighted by Gasteiger charge is -2.14. The van der Waals surface area contributed by atoms with Crippen molar-refractivity contribution >= 4 is 5.91 Å². The summed E-state index contributed by atoms with van der Waals surface area (Å²) in [6.45, 7) is 6.55. The molecule has 0 aromatic carbocycles. The van der Waals surface area contributed by atoms with Crippen LogP contribution in [0.15, 0.2) is 6.33 Å². The van der Waals surface area contributed by atoms with E-state index in [1.807, 2.05) is 6.92 Å². The standard InChI is InChI=1S/C10H19N5O/c1-8(2)4-5-9(3)12-10(16)6-15-7-11-13-14-15/h7-9H,4-6H2,1-3H3,(H,12,16). The Labute approximate surface area is 95.4 Å². The van der Waals surface area contributed by atoms with Crippen molar-refractivity contribution in [3.05, 3.63) is 6.33 Å². The van der Waals surface area contributed by atoms with E-state index >= 15 is 0 Å². The van der Waals surface area contributed by atoms with Gasteiger partial charge in [0.05, 0.1) is 0 Å². The zero-order valence-electron chi connectivity index (χ0n) is 10.1. The van der Waals surface area contributed by atoms with Crippen molar-refractivity contribution in [2.24, 2.45) is 5.92 Å². The number of amides is 1. The highest BCUT2D eigenvalue weighted by Gasteiger charge is 2.09. The number of carbonyl (C=O) groups excluding carboxylic acids is 1. The molecule has 16 heavy (non-hydrogen) atoms. The Morgan fingerprint density at radius 2 is 2.12 bits per heavy atom. The summed E-state index contributed by atoms with van der Waals surface area (Å²) < 4.78 is 1.41. The molecule has 1 heterocycles. The molecule has 6 nitrogen and oxygen atoms in total. The Bertz CT molecular complexity index is 309. The van der Waals surface area contributed by atoms with Gasteiger partial charge in [-0.1, -0.05) is 13.8 Å². The molecule has 0 saturated heterocycles. The van der Waals surface area contributed by atoms with Crippen LogP contribution in [0.4, 0.5) is 0 Å². The molecule has 1 amide bonds. The maximum absolute atomic E-state index is 11.5. The van der Waals surface area contributed by atoms with Crippen molar-refractivity contribution in [3.63, 3.8) is 0 Å². The van der Waals surface area contributed by atoms with Gasteiger partial charge in [0.25, 0.3) is 0 Å². The van der Waals surface area contributed by atoms with Crippen LogP contribution in [0.3, 0.4) is 0 Å². The fourth-order valence-corrected chi connectivity index (χ4v) is 1.38. The summed E-state index contributed by atoms with van der Waals surface area (Å²) in [4.78, 5) is 11.5. The SMILES string of the molecule is CC(C)CCC(C)NC(=O)Cn1cnnn1. The number of hydrogen-bond acceptors (Lipinski definition) is 4. The maximum atomic E-state index is 11.5. The number of hydrogen-bond donors (Lipinski definition) is 1. The maximum Gasteiger partial charge on any atom is 0.242 e. The van der Waals surface area contributed by atoms with Gasteiger partial charge in [-0.15, -0.1) is 5.10 Å². The average Bonchev–Trinajstić information content (AvgIpc) is 2.67. The molecule has 1 aromatic heterocycles. The molecule has 1 atom stereocenters. The summed E-state index contributed by atoms with van der Waals surface area (Å²) in [5.41, 5.74) is 0. The summed E-state index contributed by atoms with van der Waals surface area (Å²) in [5.74, 6) is 0.613. The van der Waals surface area contributed by atoms with Gasteiger partial charge in [-0.05, 0) is 36.1 Å². The van der Waals surface area contributed by atoms with Crippen molar-refractivity contribution in [3.8, 4) is 0 Å². The summed E-state index contributed by atoms with van der Waals surface area (Å²) >= 11 is 0.